The maximum absolute atomic E-state index is 12.0. The number of aliphatic hydroxyl groups is 1. The molecule has 0 spiro atoms. The SMILES string of the molecule is CCOC(=O)c1nc(-c2cccc(C#C[C@]3(O)CCN(C)C3=O)c2)cs1. The van der Waals surface area contributed by atoms with Gasteiger partial charge in [0.25, 0.3) is 5.91 Å². The van der Waals surface area contributed by atoms with Crippen LogP contribution in [0.4, 0.5) is 0 Å². The van der Waals surface area contributed by atoms with Crippen LogP contribution in [0.2, 0.25) is 0 Å². The van der Waals surface area contributed by atoms with E-state index >= 15 is 0 Å². The molecule has 0 unspecified atom stereocenters. The Morgan fingerprint density at radius 3 is 3.00 bits per heavy atom. The van der Waals surface area contributed by atoms with Crippen LogP contribution < -0.4 is 0 Å². The van der Waals surface area contributed by atoms with Gasteiger partial charge in [0.15, 0.2) is 0 Å². The zero-order valence-electron chi connectivity index (χ0n) is 14.5. The molecule has 2 heterocycles. The number of thiazole rings is 1. The first kappa shape index (κ1) is 18.1. The Kier molecular flexibility index (Phi) is 5.07. The Labute approximate surface area is 155 Å². The second-order valence-corrected chi connectivity index (χ2v) is 6.78. The molecule has 1 aliphatic heterocycles. The van der Waals surface area contributed by atoms with E-state index in [4.69, 9.17) is 4.74 Å². The number of carbonyl (C=O) groups is 2. The number of ether oxygens (including phenoxy) is 1. The fourth-order valence-electron chi connectivity index (χ4n) is 2.59. The second-order valence-electron chi connectivity index (χ2n) is 5.93. The van der Waals surface area contributed by atoms with Crippen molar-refractivity contribution in [3.63, 3.8) is 0 Å². The van der Waals surface area contributed by atoms with Crippen molar-refractivity contribution in [2.45, 2.75) is 18.9 Å². The minimum absolute atomic E-state index is 0.296. The molecule has 2 aromatic rings. The van der Waals surface area contributed by atoms with Gasteiger partial charge < -0.3 is 14.7 Å². The normalized spacial score (nSPS) is 19.2. The third-order valence-corrected chi connectivity index (χ3v) is 4.86. The molecule has 0 bridgehead atoms. The summed E-state index contributed by atoms with van der Waals surface area (Å²) < 4.78 is 4.95. The molecular formula is C19H18N2O4S. The van der Waals surface area contributed by atoms with E-state index in [9.17, 15) is 14.7 Å². The number of likely N-dealkylation sites (N-methyl/N-ethyl adjacent to an activating group) is 1. The lowest BCUT2D eigenvalue weighted by Gasteiger charge is -2.13. The zero-order valence-corrected chi connectivity index (χ0v) is 15.3. The highest BCUT2D eigenvalue weighted by atomic mass is 32.1. The standard InChI is InChI=1S/C19H18N2O4S/c1-3-25-17(22)16-20-15(12-26-16)14-6-4-5-13(11-14)7-8-19(24)9-10-21(2)18(19)23/h4-6,11-12,24H,3,9-10H2,1-2H3/t19-/m0/s1. The number of benzene rings is 1. The van der Waals surface area contributed by atoms with Crippen LogP contribution in [-0.2, 0) is 9.53 Å². The summed E-state index contributed by atoms with van der Waals surface area (Å²) in [5.74, 6) is 4.76. The molecule has 0 radical (unpaired) electrons. The van der Waals surface area contributed by atoms with Crippen molar-refractivity contribution in [1.82, 2.24) is 9.88 Å². The van der Waals surface area contributed by atoms with Gasteiger partial charge in [0.2, 0.25) is 10.6 Å². The number of amides is 1. The molecule has 1 amide bonds. The minimum Gasteiger partial charge on any atom is -0.461 e. The zero-order chi connectivity index (χ0) is 18.7. The number of aromatic nitrogens is 1. The molecule has 0 aliphatic carbocycles. The van der Waals surface area contributed by atoms with E-state index in [0.717, 1.165) is 5.56 Å². The quantitative estimate of drug-likeness (QED) is 0.660. The van der Waals surface area contributed by atoms with Crippen LogP contribution in [0.1, 0.15) is 28.7 Å². The van der Waals surface area contributed by atoms with Crippen LogP contribution in [0.5, 0.6) is 0 Å². The summed E-state index contributed by atoms with van der Waals surface area (Å²) in [5.41, 5.74) is 0.481. The summed E-state index contributed by atoms with van der Waals surface area (Å²) in [5, 5.41) is 12.4. The number of nitrogens with zero attached hydrogens (tertiary/aromatic N) is 2. The fraction of sp³-hybridized carbons (Fsp3) is 0.316. The molecule has 1 aromatic carbocycles. The molecule has 1 fully saturated rings. The van der Waals surface area contributed by atoms with Gasteiger partial charge in [0, 0.05) is 36.5 Å². The average Bonchev–Trinajstić information content (AvgIpc) is 3.23. The van der Waals surface area contributed by atoms with Gasteiger partial charge in [0.05, 0.1) is 12.3 Å². The van der Waals surface area contributed by atoms with E-state index in [2.05, 4.69) is 16.8 Å². The monoisotopic (exact) mass is 370 g/mol. The molecule has 3 rings (SSSR count). The van der Waals surface area contributed by atoms with Crippen molar-refractivity contribution in [2.75, 3.05) is 20.2 Å². The number of carbonyl (C=O) groups excluding carboxylic acids is 2. The minimum atomic E-state index is -1.62. The lowest BCUT2D eigenvalue weighted by Crippen LogP contribution is -2.37. The summed E-state index contributed by atoms with van der Waals surface area (Å²) >= 11 is 1.22. The van der Waals surface area contributed by atoms with Gasteiger partial charge in [-0.2, -0.15) is 0 Å². The first-order chi connectivity index (χ1) is 12.4. The number of rotatable bonds is 3. The maximum atomic E-state index is 12.0. The van der Waals surface area contributed by atoms with Gasteiger partial charge >= 0.3 is 5.97 Å². The molecule has 134 valence electrons. The molecule has 1 N–H and O–H groups in total. The molecular weight excluding hydrogens is 352 g/mol. The van der Waals surface area contributed by atoms with Crippen LogP contribution in [0.25, 0.3) is 11.3 Å². The molecule has 26 heavy (non-hydrogen) atoms. The smallest absolute Gasteiger partial charge is 0.367 e. The largest absolute Gasteiger partial charge is 0.461 e. The van der Waals surface area contributed by atoms with Gasteiger partial charge in [-0.25, -0.2) is 9.78 Å². The first-order valence-corrected chi connectivity index (χ1v) is 9.05. The van der Waals surface area contributed by atoms with Gasteiger partial charge in [-0.15, -0.1) is 11.3 Å². The van der Waals surface area contributed by atoms with E-state index in [0.29, 0.717) is 35.8 Å². The Balaban J connectivity index is 1.83. The van der Waals surface area contributed by atoms with Crippen molar-refractivity contribution in [3.8, 4) is 23.1 Å². The summed E-state index contributed by atoms with van der Waals surface area (Å²) in [6.45, 7) is 2.53. The lowest BCUT2D eigenvalue weighted by molar-refractivity contribution is -0.137. The average molecular weight is 370 g/mol. The lowest BCUT2D eigenvalue weighted by atomic mass is 10.0. The Bertz CT molecular complexity index is 912. The topological polar surface area (TPSA) is 79.7 Å². The van der Waals surface area contributed by atoms with Crippen molar-refractivity contribution in [3.05, 3.63) is 40.2 Å². The summed E-state index contributed by atoms with van der Waals surface area (Å²) in [7, 11) is 1.64. The van der Waals surface area contributed by atoms with Crippen LogP contribution in [0.3, 0.4) is 0 Å². The van der Waals surface area contributed by atoms with Gasteiger partial charge in [-0.3, -0.25) is 4.79 Å². The molecule has 1 atom stereocenters. The number of hydrogen-bond donors (Lipinski definition) is 1. The number of likely N-dealkylation sites (tertiary alicyclic amines) is 1. The summed E-state index contributed by atoms with van der Waals surface area (Å²) in [6.07, 6.45) is 0.296. The molecule has 1 aliphatic rings. The molecule has 0 saturated carbocycles. The van der Waals surface area contributed by atoms with Crippen LogP contribution in [0.15, 0.2) is 29.6 Å². The van der Waals surface area contributed by atoms with Gasteiger partial charge in [0.1, 0.15) is 0 Å². The predicted octanol–water partition coefficient (Wildman–Crippen LogP) is 1.93. The molecule has 1 aromatic heterocycles. The molecule has 1 saturated heterocycles. The summed E-state index contributed by atoms with van der Waals surface area (Å²) in [4.78, 5) is 29.5. The van der Waals surface area contributed by atoms with Crippen molar-refractivity contribution in [1.29, 1.82) is 0 Å². The van der Waals surface area contributed by atoms with Crippen molar-refractivity contribution in [2.24, 2.45) is 0 Å². The van der Waals surface area contributed by atoms with E-state index in [1.165, 1.54) is 16.2 Å². The third-order valence-electron chi connectivity index (χ3n) is 4.04. The second kappa shape index (κ2) is 7.28. The van der Waals surface area contributed by atoms with Crippen molar-refractivity contribution >= 4 is 23.2 Å². The fourth-order valence-corrected chi connectivity index (χ4v) is 3.31. The first-order valence-electron chi connectivity index (χ1n) is 8.17. The van der Waals surface area contributed by atoms with Crippen LogP contribution >= 0.6 is 11.3 Å². The van der Waals surface area contributed by atoms with Gasteiger partial charge in [-0.1, -0.05) is 24.0 Å². The Morgan fingerprint density at radius 1 is 1.50 bits per heavy atom. The van der Waals surface area contributed by atoms with E-state index in [-0.39, 0.29) is 5.91 Å². The van der Waals surface area contributed by atoms with Crippen molar-refractivity contribution < 1.29 is 19.4 Å². The highest BCUT2D eigenvalue weighted by molar-refractivity contribution is 7.11. The van der Waals surface area contributed by atoms with E-state index in [1.54, 1.807) is 25.4 Å². The highest BCUT2D eigenvalue weighted by Gasteiger charge is 2.42. The summed E-state index contributed by atoms with van der Waals surface area (Å²) in [6, 6.07) is 7.28. The predicted molar refractivity (Wildman–Crippen MR) is 97.6 cm³/mol. The number of hydrogen-bond acceptors (Lipinski definition) is 6. The highest BCUT2D eigenvalue weighted by Crippen LogP contribution is 2.24. The maximum Gasteiger partial charge on any atom is 0.367 e. The van der Waals surface area contributed by atoms with E-state index in [1.807, 2.05) is 18.2 Å². The third kappa shape index (κ3) is 3.62. The molecule has 7 heteroatoms. The Morgan fingerprint density at radius 2 is 2.31 bits per heavy atom. The Hall–Kier alpha value is -2.69. The van der Waals surface area contributed by atoms with Crippen LogP contribution in [0, 0.1) is 11.8 Å². The number of esters is 1. The van der Waals surface area contributed by atoms with Crippen LogP contribution in [-0.4, -0.2) is 52.7 Å². The van der Waals surface area contributed by atoms with E-state index < -0.39 is 11.6 Å². The molecule has 6 nitrogen and oxygen atoms in total. The van der Waals surface area contributed by atoms with Gasteiger partial charge in [-0.05, 0) is 19.1 Å².